The molecule has 0 unspecified atom stereocenters. The molecule has 3 rings (SSSR count). The van der Waals surface area contributed by atoms with Crippen LogP contribution in [0, 0.1) is 0 Å². The van der Waals surface area contributed by atoms with Gasteiger partial charge in [0.2, 0.25) is 0 Å². The predicted octanol–water partition coefficient (Wildman–Crippen LogP) is 3.40. The maximum Gasteiger partial charge on any atom is 0.253 e. The largest absolute Gasteiger partial charge is 0.395 e. The number of nitrogens with zero attached hydrogens (tertiary/aromatic N) is 2. The van der Waals surface area contributed by atoms with E-state index in [1.165, 1.54) is 0 Å². The Labute approximate surface area is 153 Å². The summed E-state index contributed by atoms with van der Waals surface area (Å²) in [4.78, 5) is 16.6. The van der Waals surface area contributed by atoms with Crippen LogP contribution in [0.2, 0.25) is 5.02 Å². The summed E-state index contributed by atoms with van der Waals surface area (Å²) in [5.41, 5.74) is 2.81. The average molecular weight is 359 g/mol. The van der Waals surface area contributed by atoms with Crippen molar-refractivity contribution in [3.63, 3.8) is 0 Å². The minimum absolute atomic E-state index is 0.0610. The van der Waals surface area contributed by atoms with Crippen LogP contribution in [-0.2, 0) is 0 Å². The number of aliphatic hydroxyl groups is 1. The molecule has 1 N–H and O–H groups in total. The van der Waals surface area contributed by atoms with Gasteiger partial charge in [-0.15, -0.1) is 0 Å². The van der Waals surface area contributed by atoms with Crippen molar-refractivity contribution in [1.29, 1.82) is 0 Å². The number of hydrogen-bond donors (Lipinski definition) is 1. The maximum absolute atomic E-state index is 12.8. The molecule has 1 aliphatic rings. The number of aliphatic hydroxyl groups excluding tert-OH is 1. The number of likely N-dealkylation sites (tertiary alicyclic amines) is 1. The second kappa shape index (κ2) is 7.89. The first-order chi connectivity index (χ1) is 12.1. The molecule has 1 heterocycles. The van der Waals surface area contributed by atoms with Gasteiger partial charge in [-0.2, -0.15) is 0 Å². The molecular formula is C20H23ClN2O2. The van der Waals surface area contributed by atoms with Gasteiger partial charge in [-0.05, 0) is 42.3 Å². The van der Waals surface area contributed by atoms with Gasteiger partial charge in [-0.25, -0.2) is 0 Å². The highest BCUT2D eigenvalue weighted by Gasteiger charge is 2.28. The molecule has 0 aromatic heterocycles. The van der Waals surface area contributed by atoms with E-state index in [1.54, 1.807) is 0 Å². The molecule has 4 nitrogen and oxygen atoms in total. The van der Waals surface area contributed by atoms with Crippen molar-refractivity contribution in [2.24, 2.45) is 0 Å². The van der Waals surface area contributed by atoms with Gasteiger partial charge in [-0.1, -0.05) is 29.8 Å². The molecule has 25 heavy (non-hydrogen) atoms. The van der Waals surface area contributed by atoms with Gasteiger partial charge in [0.25, 0.3) is 5.91 Å². The lowest BCUT2D eigenvalue weighted by Gasteiger charge is -2.20. The number of hydrogen-bond acceptors (Lipinski definition) is 3. The normalized spacial score (nSPS) is 16.9. The summed E-state index contributed by atoms with van der Waals surface area (Å²) < 4.78 is 0. The van der Waals surface area contributed by atoms with E-state index < -0.39 is 0 Å². The van der Waals surface area contributed by atoms with Gasteiger partial charge in [-0.3, -0.25) is 4.79 Å². The zero-order chi connectivity index (χ0) is 17.8. The molecule has 1 aliphatic heterocycles. The fourth-order valence-corrected chi connectivity index (χ4v) is 3.61. The third kappa shape index (κ3) is 3.97. The summed E-state index contributed by atoms with van der Waals surface area (Å²) in [6.07, 6.45) is 0.937. The first kappa shape index (κ1) is 17.8. The van der Waals surface area contributed by atoms with Crippen molar-refractivity contribution >= 4 is 23.2 Å². The highest BCUT2D eigenvalue weighted by Crippen LogP contribution is 2.32. The first-order valence-electron chi connectivity index (χ1n) is 8.56. The van der Waals surface area contributed by atoms with Crippen molar-refractivity contribution in [3.8, 4) is 0 Å². The molecular weight excluding hydrogens is 336 g/mol. The summed E-state index contributed by atoms with van der Waals surface area (Å²) >= 11 is 6.30. The van der Waals surface area contributed by atoms with Crippen molar-refractivity contribution < 1.29 is 9.90 Å². The van der Waals surface area contributed by atoms with Gasteiger partial charge in [0.1, 0.15) is 0 Å². The summed E-state index contributed by atoms with van der Waals surface area (Å²) in [6, 6.07) is 15.4. The molecule has 132 valence electrons. The zero-order valence-corrected chi connectivity index (χ0v) is 15.1. The van der Waals surface area contributed by atoms with E-state index in [0.29, 0.717) is 24.6 Å². The van der Waals surface area contributed by atoms with Crippen LogP contribution in [0.5, 0.6) is 0 Å². The molecule has 0 spiro atoms. The Morgan fingerprint density at radius 3 is 2.64 bits per heavy atom. The van der Waals surface area contributed by atoms with Gasteiger partial charge < -0.3 is 14.9 Å². The van der Waals surface area contributed by atoms with Crippen LogP contribution in [-0.4, -0.2) is 49.2 Å². The van der Waals surface area contributed by atoms with Gasteiger partial charge >= 0.3 is 0 Å². The molecule has 5 heteroatoms. The molecule has 0 bridgehead atoms. The van der Waals surface area contributed by atoms with E-state index >= 15 is 0 Å². The molecule has 1 atom stereocenters. The molecule has 1 amide bonds. The lowest BCUT2D eigenvalue weighted by Crippen LogP contribution is -2.28. The SMILES string of the molecule is CN(CCO)c1ccc(C(=O)N2CC[C@@H](c3ccccc3Cl)C2)cc1. The molecule has 0 aliphatic carbocycles. The second-order valence-corrected chi connectivity index (χ2v) is 6.86. The smallest absolute Gasteiger partial charge is 0.253 e. The Hall–Kier alpha value is -2.04. The Morgan fingerprint density at radius 1 is 1.24 bits per heavy atom. The number of rotatable bonds is 5. The Kier molecular flexibility index (Phi) is 5.61. The van der Waals surface area contributed by atoms with Crippen LogP contribution in [0.1, 0.15) is 28.3 Å². The van der Waals surface area contributed by atoms with Gasteiger partial charge in [0, 0.05) is 48.9 Å². The Morgan fingerprint density at radius 2 is 1.96 bits per heavy atom. The predicted molar refractivity (Wildman–Crippen MR) is 102 cm³/mol. The molecule has 0 radical (unpaired) electrons. The third-order valence-corrected chi connectivity index (χ3v) is 5.16. The monoisotopic (exact) mass is 358 g/mol. The number of likely N-dealkylation sites (N-methyl/N-ethyl adjacent to an activating group) is 1. The summed E-state index contributed by atoms with van der Waals surface area (Å²) in [6.45, 7) is 2.13. The van der Waals surface area contributed by atoms with Crippen LogP contribution in [0.15, 0.2) is 48.5 Å². The molecule has 2 aromatic carbocycles. The number of carbonyl (C=O) groups is 1. The van der Waals surface area contributed by atoms with Crippen LogP contribution >= 0.6 is 11.6 Å². The summed E-state index contributed by atoms with van der Waals surface area (Å²) in [5.74, 6) is 0.360. The van der Waals surface area contributed by atoms with Crippen molar-refractivity contribution in [1.82, 2.24) is 4.90 Å². The standard InChI is InChI=1S/C20H23ClN2O2/c1-22(12-13-24)17-8-6-15(7-9-17)20(25)23-11-10-16(14-23)18-4-2-3-5-19(18)21/h2-9,16,24H,10-14H2,1H3/t16-/m1/s1. The lowest BCUT2D eigenvalue weighted by molar-refractivity contribution is 0.0791. The number of halogens is 1. The van der Waals surface area contributed by atoms with Crippen molar-refractivity contribution in [3.05, 3.63) is 64.7 Å². The average Bonchev–Trinajstić information content (AvgIpc) is 3.11. The molecule has 2 aromatic rings. The summed E-state index contributed by atoms with van der Waals surface area (Å²) in [7, 11) is 1.92. The molecule has 0 saturated carbocycles. The van der Waals surface area contributed by atoms with E-state index in [-0.39, 0.29) is 12.5 Å². The number of carbonyl (C=O) groups excluding carboxylic acids is 1. The maximum atomic E-state index is 12.8. The lowest BCUT2D eigenvalue weighted by atomic mass is 9.98. The van der Waals surface area contributed by atoms with E-state index in [9.17, 15) is 4.79 Å². The van der Waals surface area contributed by atoms with Crippen LogP contribution < -0.4 is 4.90 Å². The number of anilines is 1. The minimum Gasteiger partial charge on any atom is -0.395 e. The van der Waals surface area contributed by atoms with Crippen molar-refractivity contribution in [2.45, 2.75) is 12.3 Å². The van der Waals surface area contributed by atoms with Crippen LogP contribution in [0.3, 0.4) is 0 Å². The van der Waals surface area contributed by atoms with Crippen LogP contribution in [0.4, 0.5) is 5.69 Å². The number of amides is 1. The second-order valence-electron chi connectivity index (χ2n) is 6.45. The van der Waals surface area contributed by atoms with E-state index in [0.717, 1.165) is 29.2 Å². The fourth-order valence-electron chi connectivity index (χ4n) is 3.32. The highest BCUT2D eigenvalue weighted by atomic mass is 35.5. The minimum atomic E-state index is 0.0610. The fraction of sp³-hybridized carbons (Fsp3) is 0.350. The third-order valence-electron chi connectivity index (χ3n) is 4.81. The number of benzene rings is 2. The Bertz CT molecular complexity index is 733. The van der Waals surface area contributed by atoms with E-state index in [4.69, 9.17) is 16.7 Å². The van der Waals surface area contributed by atoms with Gasteiger partial charge in [0.15, 0.2) is 0 Å². The first-order valence-corrected chi connectivity index (χ1v) is 8.93. The highest BCUT2D eigenvalue weighted by molar-refractivity contribution is 6.31. The van der Waals surface area contributed by atoms with E-state index in [1.807, 2.05) is 65.4 Å². The Balaban J connectivity index is 1.67. The van der Waals surface area contributed by atoms with Gasteiger partial charge in [0.05, 0.1) is 6.61 Å². The zero-order valence-electron chi connectivity index (χ0n) is 14.4. The van der Waals surface area contributed by atoms with Crippen LogP contribution in [0.25, 0.3) is 0 Å². The topological polar surface area (TPSA) is 43.8 Å². The summed E-state index contributed by atoms with van der Waals surface area (Å²) in [5, 5.41) is 9.79. The quantitative estimate of drug-likeness (QED) is 0.890. The molecule has 1 fully saturated rings. The molecule has 1 saturated heterocycles. The van der Waals surface area contributed by atoms with Crippen molar-refractivity contribution in [2.75, 3.05) is 38.2 Å². The van der Waals surface area contributed by atoms with E-state index in [2.05, 4.69) is 0 Å².